The molecule has 2 rings (SSSR count). The van der Waals surface area contributed by atoms with Crippen molar-refractivity contribution in [2.75, 3.05) is 13.2 Å². The smallest absolute Gasteiger partial charge is 0.249 e. The van der Waals surface area contributed by atoms with Gasteiger partial charge in [-0.25, -0.2) is 0 Å². The summed E-state index contributed by atoms with van der Waals surface area (Å²) in [5.41, 5.74) is -0.456. The molecule has 4 nitrogen and oxygen atoms in total. The molecule has 0 aromatic heterocycles. The Morgan fingerprint density at radius 3 is 2.62 bits per heavy atom. The number of rotatable bonds is 4. The first kappa shape index (κ1) is 11.9. The van der Waals surface area contributed by atoms with E-state index in [-0.39, 0.29) is 24.5 Å². The number of carbonyl (C=O) groups excluding carboxylic acids is 1. The maximum atomic E-state index is 12.0. The van der Waals surface area contributed by atoms with Crippen LogP contribution in [0.4, 0.5) is 0 Å². The van der Waals surface area contributed by atoms with Gasteiger partial charge in [0, 0.05) is 6.61 Å². The molecule has 16 heavy (non-hydrogen) atoms. The van der Waals surface area contributed by atoms with Gasteiger partial charge in [-0.3, -0.25) is 4.79 Å². The topological polar surface area (TPSA) is 58.6 Å². The van der Waals surface area contributed by atoms with Crippen molar-refractivity contribution in [1.29, 1.82) is 0 Å². The third-order valence-corrected chi connectivity index (χ3v) is 3.86. The first-order valence-corrected chi connectivity index (χ1v) is 6.11. The Bertz CT molecular complexity index is 277. The van der Waals surface area contributed by atoms with Crippen molar-refractivity contribution in [1.82, 2.24) is 5.32 Å². The Kier molecular flexibility index (Phi) is 3.22. The predicted molar refractivity (Wildman–Crippen MR) is 59.9 cm³/mol. The fourth-order valence-electron chi connectivity index (χ4n) is 2.37. The summed E-state index contributed by atoms with van der Waals surface area (Å²) in [6.45, 7) is 4.62. The third kappa shape index (κ3) is 2.23. The quantitative estimate of drug-likeness (QED) is 0.743. The van der Waals surface area contributed by atoms with E-state index in [1.807, 2.05) is 13.8 Å². The number of hydrogen-bond acceptors (Lipinski definition) is 3. The predicted octanol–water partition coefficient (Wildman–Crippen LogP) is 0.689. The highest BCUT2D eigenvalue weighted by Gasteiger charge is 2.44. The molecule has 0 radical (unpaired) electrons. The maximum absolute atomic E-state index is 12.0. The fraction of sp³-hybridized carbons (Fsp3) is 0.917. The summed E-state index contributed by atoms with van der Waals surface area (Å²) in [6.07, 6.45) is 2.80. The van der Waals surface area contributed by atoms with Crippen molar-refractivity contribution in [3.05, 3.63) is 0 Å². The molecule has 0 aromatic carbocycles. The number of hydrogen-bond donors (Lipinski definition) is 2. The molecule has 92 valence electrons. The van der Waals surface area contributed by atoms with E-state index in [4.69, 9.17) is 4.74 Å². The van der Waals surface area contributed by atoms with Gasteiger partial charge < -0.3 is 15.2 Å². The van der Waals surface area contributed by atoms with Crippen molar-refractivity contribution in [2.24, 2.45) is 11.8 Å². The molecule has 1 aliphatic carbocycles. The molecule has 2 aliphatic rings. The van der Waals surface area contributed by atoms with Crippen molar-refractivity contribution < 1.29 is 14.6 Å². The van der Waals surface area contributed by atoms with E-state index in [0.717, 1.165) is 19.3 Å². The second-order valence-electron chi connectivity index (χ2n) is 5.40. The zero-order valence-electron chi connectivity index (χ0n) is 10.0. The number of amides is 1. The van der Waals surface area contributed by atoms with Crippen LogP contribution in [0.3, 0.4) is 0 Å². The lowest BCUT2D eigenvalue weighted by molar-refractivity contribution is -0.134. The van der Waals surface area contributed by atoms with E-state index in [1.54, 1.807) is 0 Å². The molecule has 0 spiro atoms. The van der Waals surface area contributed by atoms with Crippen LogP contribution in [0.25, 0.3) is 0 Å². The lowest BCUT2D eigenvalue weighted by atomic mass is 9.95. The normalized spacial score (nSPS) is 33.4. The summed E-state index contributed by atoms with van der Waals surface area (Å²) in [7, 11) is 0. The van der Waals surface area contributed by atoms with Crippen LogP contribution in [-0.2, 0) is 9.53 Å². The van der Waals surface area contributed by atoms with Gasteiger partial charge in [-0.2, -0.15) is 0 Å². The van der Waals surface area contributed by atoms with Crippen molar-refractivity contribution >= 4 is 5.91 Å². The minimum absolute atomic E-state index is 0.00447. The number of ether oxygens (including phenoxy) is 1. The largest absolute Gasteiger partial charge is 0.394 e. The summed E-state index contributed by atoms with van der Waals surface area (Å²) >= 11 is 0. The van der Waals surface area contributed by atoms with Crippen molar-refractivity contribution in [3.8, 4) is 0 Å². The van der Waals surface area contributed by atoms with E-state index < -0.39 is 5.54 Å². The molecule has 1 amide bonds. The van der Waals surface area contributed by atoms with Crippen LogP contribution < -0.4 is 5.32 Å². The number of aliphatic hydroxyl groups excluding tert-OH is 1. The summed E-state index contributed by atoms with van der Waals surface area (Å²) in [6, 6.07) is 0. The molecule has 0 aromatic rings. The molecule has 2 N–H and O–H groups in total. The summed E-state index contributed by atoms with van der Waals surface area (Å²) in [5.74, 6) is 0.647. The van der Waals surface area contributed by atoms with Crippen molar-refractivity contribution in [3.63, 3.8) is 0 Å². The molecule has 1 heterocycles. The van der Waals surface area contributed by atoms with Crippen LogP contribution in [0.5, 0.6) is 0 Å². The number of aliphatic hydroxyl groups is 1. The van der Waals surface area contributed by atoms with Gasteiger partial charge in [0.2, 0.25) is 5.91 Å². The molecule has 3 atom stereocenters. The van der Waals surface area contributed by atoms with Gasteiger partial charge in [-0.1, -0.05) is 6.92 Å². The van der Waals surface area contributed by atoms with Crippen LogP contribution in [-0.4, -0.2) is 35.9 Å². The summed E-state index contributed by atoms with van der Waals surface area (Å²) < 4.78 is 5.42. The van der Waals surface area contributed by atoms with Gasteiger partial charge in [0.25, 0.3) is 0 Å². The molecule has 1 saturated heterocycles. The van der Waals surface area contributed by atoms with Gasteiger partial charge in [-0.05, 0) is 38.0 Å². The van der Waals surface area contributed by atoms with E-state index in [9.17, 15) is 9.90 Å². The van der Waals surface area contributed by atoms with Gasteiger partial charge in [0.1, 0.15) is 6.10 Å². The molecule has 1 saturated carbocycles. The van der Waals surface area contributed by atoms with E-state index >= 15 is 0 Å². The van der Waals surface area contributed by atoms with Gasteiger partial charge in [-0.15, -0.1) is 0 Å². The van der Waals surface area contributed by atoms with Gasteiger partial charge in [0.05, 0.1) is 12.1 Å². The second kappa shape index (κ2) is 4.34. The van der Waals surface area contributed by atoms with Crippen LogP contribution in [0.15, 0.2) is 0 Å². The Morgan fingerprint density at radius 1 is 1.50 bits per heavy atom. The number of carbonyl (C=O) groups is 1. The average molecular weight is 227 g/mol. The minimum atomic E-state index is -0.456. The highest BCUT2D eigenvalue weighted by atomic mass is 16.5. The van der Waals surface area contributed by atoms with E-state index in [1.165, 1.54) is 0 Å². The Hall–Kier alpha value is -0.610. The summed E-state index contributed by atoms with van der Waals surface area (Å²) in [5, 5.41) is 12.4. The molecule has 3 unspecified atom stereocenters. The number of nitrogens with one attached hydrogen (secondary N) is 1. The van der Waals surface area contributed by atoms with Gasteiger partial charge >= 0.3 is 0 Å². The van der Waals surface area contributed by atoms with Gasteiger partial charge in [0.15, 0.2) is 0 Å². The SMILES string of the molecule is CC1CCOC1C(=O)NC(C)(CO)C1CC1. The average Bonchev–Trinajstić information content (AvgIpc) is 3.02. The van der Waals surface area contributed by atoms with E-state index in [0.29, 0.717) is 12.5 Å². The van der Waals surface area contributed by atoms with Crippen LogP contribution in [0.2, 0.25) is 0 Å². The molecule has 0 bridgehead atoms. The first-order valence-electron chi connectivity index (χ1n) is 6.11. The Labute approximate surface area is 96.4 Å². The zero-order valence-corrected chi connectivity index (χ0v) is 10.0. The van der Waals surface area contributed by atoms with Crippen LogP contribution in [0.1, 0.15) is 33.1 Å². The Balaban J connectivity index is 1.94. The Morgan fingerprint density at radius 2 is 2.19 bits per heavy atom. The summed E-state index contributed by atoms with van der Waals surface area (Å²) in [4.78, 5) is 12.0. The first-order chi connectivity index (χ1) is 7.57. The highest BCUT2D eigenvalue weighted by molar-refractivity contribution is 5.82. The molecule has 4 heteroatoms. The maximum Gasteiger partial charge on any atom is 0.249 e. The fourth-order valence-corrected chi connectivity index (χ4v) is 2.37. The molecular weight excluding hydrogens is 206 g/mol. The molecule has 2 fully saturated rings. The highest BCUT2D eigenvalue weighted by Crippen LogP contribution is 2.39. The van der Waals surface area contributed by atoms with E-state index in [2.05, 4.69) is 5.32 Å². The third-order valence-electron chi connectivity index (χ3n) is 3.86. The second-order valence-corrected chi connectivity index (χ2v) is 5.40. The molecular formula is C12H21NO3. The molecule has 1 aliphatic heterocycles. The monoisotopic (exact) mass is 227 g/mol. The lowest BCUT2D eigenvalue weighted by Crippen LogP contribution is -2.54. The lowest BCUT2D eigenvalue weighted by Gasteiger charge is -2.30. The van der Waals surface area contributed by atoms with Crippen molar-refractivity contribution in [2.45, 2.75) is 44.8 Å². The zero-order chi connectivity index (χ0) is 11.8. The van der Waals surface area contributed by atoms with Crippen LogP contribution >= 0.6 is 0 Å². The standard InChI is InChI=1S/C12H21NO3/c1-8-5-6-16-10(8)11(15)13-12(2,7-14)9-3-4-9/h8-10,14H,3-7H2,1-2H3,(H,13,15). The minimum Gasteiger partial charge on any atom is -0.394 e. The van der Waals surface area contributed by atoms with Crippen LogP contribution in [0, 0.1) is 11.8 Å².